The molecule has 162 valence electrons. The van der Waals surface area contributed by atoms with E-state index in [1.54, 1.807) is 23.3 Å². The molecule has 4 unspecified atom stereocenters. The van der Waals surface area contributed by atoms with Crippen LogP contribution in [0.4, 0.5) is 4.39 Å². The van der Waals surface area contributed by atoms with Crippen LogP contribution in [0.15, 0.2) is 58.4 Å². The fraction of sp³-hybridized carbons (Fsp3) is 0.417. The Morgan fingerprint density at radius 3 is 2.68 bits per heavy atom. The maximum Gasteiger partial charge on any atom is 0.290 e. The van der Waals surface area contributed by atoms with Crippen molar-refractivity contribution in [3.05, 3.63) is 65.3 Å². The summed E-state index contributed by atoms with van der Waals surface area (Å²) in [7, 11) is 0. The molecular weight excluding hydrogens is 401 g/mol. The van der Waals surface area contributed by atoms with Crippen molar-refractivity contribution in [2.24, 2.45) is 5.92 Å². The van der Waals surface area contributed by atoms with Crippen molar-refractivity contribution in [3.63, 3.8) is 0 Å². The van der Waals surface area contributed by atoms with Crippen LogP contribution in [0.5, 0.6) is 5.75 Å². The van der Waals surface area contributed by atoms with Gasteiger partial charge in [0.25, 0.3) is 5.91 Å². The van der Waals surface area contributed by atoms with E-state index in [-0.39, 0.29) is 30.4 Å². The van der Waals surface area contributed by atoms with Gasteiger partial charge in [0.2, 0.25) is 0 Å². The molecule has 0 N–H and O–H groups in total. The third-order valence-corrected chi connectivity index (χ3v) is 6.29. The van der Waals surface area contributed by atoms with E-state index in [9.17, 15) is 14.0 Å². The Labute approximate surface area is 179 Å². The predicted molar refractivity (Wildman–Crippen MR) is 109 cm³/mol. The molecule has 7 heteroatoms. The SMILES string of the molecule is CCOc1ccc(C2C3=C(OC4CCC(F)CC4C3=O)C(=O)N2Cc2ccco2)cc1. The number of hydrogen-bond acceptors (Lipinski definition) is 5. The molecule has 1 aromatic heterocycles. The Morgan fingerprint density at radius 2 is 1.97 bits per heavy atom. The van der Waals surface area contributed by atoms with Crippen molar-refractivity contribution in [1.29, 1.82) is 0 Å². The van der Waals surface area contributed by atoms with Crippen LogP contribution in [0.2, 0.25) is 0 Å². The molecule has 31 heavy (non-hydrogen) atoms. The number of halogens is 1. The van der Waals surface area contributed by atoms with Crippen LogP contribution in [-0.4, -0.2) is 35.5 Å². The molecule has 2 aromatic rings. The molecule has 6 nitrogen and oxygen atoms in total. The summed E-state index contributed by atoms with van der Waals surface area (Å²) >= 11 is 0. The Bertz CT molecular complexity index is 1010. The van der Waals surface area contributed by atoms with Crippen molar-refractivity contribution in [2.45, 2.75) is 51.0 Å². The minimum atomic E-state index is -1.02. The fourth-order valence-corrected chi connectivity index (χ4v) is 4.86. The molecule has 1 aromatic carbocycles. The lowest BCUT2D eigenvalue weighted by Gasteiger charge is -2.36. The number of carbonyl (C=O) groups excluding carboxylic acids is 2. The first kappa shape index (κ1) is 19.8. The molecule has 3 aliphatic rings. The second kappa shape index (κ2) is 7.87. The lowest BCUT2D eigenvalue weighted by Crippen LogP contribution is -2.42. The molecule has 0 radical (unpaired) electrons. The summed E-state index contributed by atoms with van der Waals surface area (Å²) in [5.41, 5.74) is 1.10. The third-order valence-electron chi connectivity index (χ3n) is 6.29. The normalized spacial score (nSPS) is 27.7. The van der Waals surface area contributed by atoms with E-state index in [0.29, 0.717) is 36.5 Å². The molecule has 1 fully saturated rings. The molecule has 2 aliphatic heterocycles. The molecule has 1 saturated carbocycles. The van der Waals surface area contributed by atoms with Gasteiger partial charge < -0.3 is 18.8 Å². The van der Waals surface area contributed by atoms with Crippen LogP contribution >= 0.6 is 0 Å². The Hall–Kier alpha value is -3.09. The minimum Gasteiger partial charge on any atom is -0.494 e. The van der Waals surface area contributed by atoms with Gasteiger partial charge in [-0.05, 0) is 56.0 Å². The molecule has 4 atom stereocenters. The number of nitrogens with zero attached hydrogens (tertiary/aromatic N) is 1. The first-order chi connectivity index (χ1) is 15.1. The van der Waals surface area contributed by atoms with Crippen molar-refractivity contribution < 1.29 is 27.9 Å². The zero-order valence-electron chi connectivity index (χ0n) is 17.3. The number of alkyl halides is 1. The summed E-state index contributed by atoms with van der Waals surface area (Å²) in [6.07, 6.45) is 1.02. The second-order valence-electron chi connectivity index (χ2n) is 8.20. The zero-order valence-corrected chi connectivity index (χ0v) is 17.3. The maximum absolute atomic E-state index is 14.1. The quantitative estimate of drug-likeness (QED) is 0.721. The molecule has 0 spiro atoms. The van der Waals surface area contributed by atoms with Gasteiger partial charge >= 0.3 is 0 Å². The molecular formula is C24H24FNO5. The lowest BCUT2D eigenvalue weighted by molar-refractivity contribution is -0.136. The molecule has 0 saturated heterocycles. The monoisotopic (exact) mass is 425 g/mol. The van der Waals surface area contributed by atoms with Crippen molar-refractivity contribution in [2.75, 3.05) is 6.61 Å². The number of furan rings is 1. The highest BCUT2D eigenvalue weighted by Gasteiger charge is 2.53. The van der Waals surface area contributed by atoms with Crippen LogP contribution in [0, 0.1) is 5.92 Å². The van der Waals surface area contributed by atoms with E-state index in [0.717, 1.165) is 5.56 Å². The van der Waals surface area contributed by atoms with Gasteiger partial charge in [0, 0.05) is 0 Å². The number of hydrogen-bond donors (Lipinski definition) is 0. The molecule has 0 bridgehead atoms. The van der Waals surface area contributed by atoms with Gasteiger partial charge in [0.1, 0.15) is 23.8 Å². The Balaban J connectivity index is 1.55. The van der Waals surface area contributed by atoms with Gasteiger partial charge in [-0.15, -0.1) is 0 Å². The molecule has 1 aliphatic carbocycles. The number of Topliss-reactive ketones (excluding diaryl/α,β-unsaturated/α-hetero) is 1. The van der Waals surface area contributed by atoms with Crippen LogP contribution in [0.3, 0.4) is 0 Å². The van der Waals surface area contributed by atoms with Gasteiger partial charge in [0.05, 0.1) is 36.9 Å². The molecule has 5 rings (SSSR count). The Morgan fingerprint density at radius 1 is 1.16 bits per heavy atom. The van der Waals surface area contributed by atoms with Gasteiger partial charge in [-0.3, -0.25) is 9.59 Å². The van der Waals surface area contributed by atoms with E-state index >= 15 is 0 Å². The summed E-state index contributed by atoms with van der Waals surface area (Å²) in [5, 5.41) is 0. The number of benzene rings is 1. The molecule has 3 heterocycles. The highest BCUT2D eigenvalue weighted by Crippen LogP contribution is 2.47. The zero-order chi connectivity index (χ0) is 21.5. The van der Waals surface area contributed by atoms with Gasteiger partial charge in [0.15, 0.2) is 11.5 Å². The fourth-order valence-electron chi connectivity index (χ4n) is 4.86. The number of rotatable bonds is 5. The lowest BCUT2D eigenvalue weighted by atomic mass is 9.77. The summed E-state index contributed by atoms with van der Waals surface area (Å²) in [5.74, 6) is 0.360. The highest BCUT2D eigenvalue weighted by molar-refractivity contribution is 6.11. The number of amides is 1. The Kier molecular flexibility index (Phi) is 5.04. The van der Waals surface area contributed by atoms with Gasteiger partial charge in [-0.2, -0.15) is 0 Å². The topological polar surface area (TPSA) is 69.0 Å². The van der Waals surface area contributed by atoms with E-state index < -0.39 is 24.2 Å². The summed E-state index contributed by atoms with van der Waals surface area (Å²) < 4.78 is 31.1. The average molecular weight is 425 g/mol. The highest BCUT2D eigenvalue weighted by atomic mass is 19.1. The van der Waals surface area contributed by atoms with E-state index in [2.05, 4.69) is 0 Å². The van der Waals surface area contributed by atoms with Crippen molar-refractivity contribution >= 4 is 11.7 Å². The second-order valence-corrected chi connectivity index (χ2v) is 8.20. The molecule has 1 amide bonds. The van der Waals surface area contributed by atoms with Gasteiger partial charge in [-0.25, -0.2) is 4.39 Å². The smallest absolute Gasteiger partial charge is 0.290 e. The number of ether oxygens (including phenoxy) is 2. The van der Waals surface area contributed by atoms with Crippen LogP contribution in [0.1, 0.15) is 43.6 Å². The van der Waals surface area contributed by atoms with E-state index in [1.807, 2.05) is 31.2 Å². The standard InChI is InChI=1S/C24H24FNO5/c1-2-29-16-8-5-14(6-9-16)21-20-22(27)18-12-15(25)7-10-19(18)31-23(20)24(28)26(21)13-17-4-3-11-30-17/h3-6,8-9,11,15,18-19,21H,2,7,10,12-13H2,1H3. The summed E-state index contributed by atoms with van der Waals surface area (Å²) in [6.45, 7) is 2.65. The van der Waals surface area contributed by atoms with Crippen LogP contribution in [-0.2, 0) is 20.9 Å². The first-order valence-electron chi connectivity index (χ1n) is 10.7. The van der Waals surface area contributed by atoms with Crippen LogP contribution in [0.25, 0.3) is 0 Å². The van der Waals surface area contributed by atoms with E-state index in [1.165, 1.54) is 0 Å². The number of fused-ring (bicyclic) bond motifs is 1. The van der Waals surface area contributed by atoms with Crippen molar-refractivity contribution in [3.8, 4) is 5.75 Å². The maximum atomic E-state index is 14.1. The predicted octanol–water partition coefficient (Wildman–Crippen LogP) is 4.12. The third kappa shape index (κ3) is 3.42. The largest absolute Gasteiger partial charge is 0.494 e. The van der Waals surface area contributed by atoms with Gasteiger partial charge in [-0.1, -0.05) is 12.1 Å². The van der Waals surface area contributed by atoms with Crippen LogP contribution < -0.4 is 4.74 Å². The summed E-state index contributed by atoms with van der Waals surface area (Å²) in [4.78, 5) is 28.5. The average Bonchev–Trinajstić information content (AvgIpc) is 3.37. The van der Waals surface area contributed by atoms with Crippen molar-refractivity contribution in [1.82, 2.24) is 4.90 Å². The minimum absolute atomic E-state index is 0.106. The number of carbonyl (C=O) groups is 2. The summed E-state index contributed by atoms with van der Waals surface area (Å²) in [6, 6.07) is 10.3. The number of ketones is 1. The first-order valence-corrected chi connectivity index (χ1v) is 10.7. The van der Waals surface area contributed by atoms with E-state index in [4.69, 9.17) is 13.9 Å².